The standard InChI is InChI=1S/C10H20N4/c1-4-5-6-9(2)11-7-10-8-12-13-14(10)3/h8-9,11H,4-7H2,1-3H3. The lowest BCUT2D eigenvalue weighted by molar-refractivity contribution is 0.483. The zero-order valence-corrected chi connectivity index (χ0v) is 9.32. The van der Waals surface area contributed by atoms with Gasteiger partial charge in [0.1, 0.15) is 0 Å². The zero-order valence-electron chi connectivity index (χ0n) is 9.32. The SMILES string of the molecule is CCCCC(C)NCc1cnnn1C. The summed E-state index contributed by atoms with van der Waals surface area (Å²) in [7, 11) is 1.92. The average Bonchev–Trinajstić information content (AvgIpc) is 2.58. The maximum Gasteiger partial charge on any atom is 0.0738 e. The van der Waals surface area contributed by atoms with Gasteiger partial charge in [-0.1, -0.05) is 25.0 Å². The Labute approximate surface area is 85.7 Å². The Bertz CT molecular complexity index is 256. The molecule has 0 aliphatic heterocycles. The summed E-state index contributed by atoms with van der Waals surface area (Å²) in [6.45, 7) is 5.30. The van der Waals surface area contributed by atoms with Crippen LogP contribution in [-0.4, -0.2) is 21.0 Å². The number of nitrogens with zero attached hydrogens (tertiary/aromatic N) is 3. The lowest BCUT2D eigenvalue weighted by atomic mass is 10.1. The smallest absolute Gasteiger partial charge is 0.0738 e. The van der Waals surface area contributed by atoms with Gasteiger partial charge in [-0.25, -0.2) is 0 Å². The first kappa shape index (κ1) is 11.2. The molecule has 1 heterocycles. The number of aromatic nitrogens is 3. The lowest BCUT2D eigenvalue weighted by Crippen LogP contribution is -2.26. The first-order valence-electron chi connectivity index (χ1n) is 5.31. The van der Waals surface area contributed by atoms with E-state index in [1.807, 2.05) is 7.05 Å². The van der Waals surface area contributed by atoms with E-state index >= 15 is 0 Å². The summed E-state index contributed by atoms with van der Waals surface area (Å²) >= 11 is 0. The summed E-state index contributed by atoms with van der Waals surface area (Å²) in [4.78, 5) is 0. The van der Waals surface area contributed by atoms with Crippen LogP contribution in [0.25, 0.3) is 0 Å². The number of hydrogen-bond donors (Lipinski definition) is 1. The van der Waals surface area contributed by atoms with Gasteiger partial charge in [0, 0.05) is 19.6 Å². The molecule has 1 aromatic heterocycles. The summed E-state index contributed by atoms with van der Waals surface area (Å²) in [5.41, 5.74) is 1.13. The Hall–Kier alpha value is -0.900. The molecule has 1 atom stereocenters. The third-order valence-electron chi connectivity index (χ3n) is 2.43. The van der Waals surface area contributed by atoms with Crippen molar-refractivity contribution < 1.29 is 0 Å². The molecule has 1 N–H and O–H groups in total. The second kappa shape index (κ2) is 5.75. The molecule has 0 aliphatic carbocycles. The van der Waals surface area contributed by atoms with Crippen molar-refractivity contribution in [1.29, 1.82) is 0 Å². The van der Waals surface area contributed by atoms with Gasteiger partial charge in [0.05, 0.1) is 11.9 Å². The molecule has 0 bridgehead atoms. The van der Waals surface area contributed by atoms with E-state index in [9.17, 15) is 0 Å². The van der Waals surface area contributed by atoms with Gasteiger partial charge < -0.3 is 5.32 Å². The summed E-state index contributed by atoms with van der Waals surface area (Å²) in [5, 5.41) is 11.2. The maximum absolute atomic E-state index is 3.88. The molecule has 0 radical (unpaired) electrons. The molecule has 4 heteroatoms. The van der Waals surface area contributed by atoms with Crippen LogP contribution >= 0.6 is 0 Å². The molecule has 0 spiro atoms. The molecule has 1 unspecified atom stereocenters. The van der Waals surface area contributed by atoms with E-state index in [1.165, 1.54) is 19.3 Å². The molecule has 1 rings (SSSR count). The number of nitrogens with one attached hydrogen (secondary N) is 1. The fourth-order valence-electron chi connectivity index (χ4n) is 1.36. The fourth-order valence-corrected chi connectivity index (χ4v) is 1.36. The molecule has 0 fully saturated rings. The molecule has 0 saturated heterocycles. The van der Waals surface area contributed by atoms with Gasteiger partial charge >= 0.3 is 0 Å². The van der Waals surface area contributed by atoms with Crippen molar-refractivity contribution in [3.8, 4) is 0 Å². The Kier molecular flexibility index (Phi) is 4.59. The van der Waals surface area contributed by atoms with Gasteiger partial charge in [-0.3, -0.25) is 4.68 Å². The molecular formula is C10H20N4. The highest BCUT2D eigenvalue weighted by molar-refractivity contribution is 4.92. The predicted octanol–water partition coefficient (Wildman–Crippen LogP) is 1.48. The molecule has 0 saturated carbocycles. The van der Waals surface area contributed by atoms with Crippen LogP contribution in [0.4, 0.5) is 0 Å². The van der Waals surface area contributed by atoms with Crippen molar-refractivity contribution in [3.05, 3.63) is 11.9 Å². The van der Waals surface area contributed by atoms with Crippen LogP contribution in [0.1, 0.15) is 38.8 Å². The molecule has 80 valence electrons. The van der Waals surface area contributed by atoms with Gasteiger partial charge in [-0.15, -0.1) is 5.10 Å². The van der Waals surface area contributed by atoms with E-state index in [2.05, 4.69) is 29.5 Å². The van der Waals surface area contributed by atoms with Crippen LogP contribution in [0.15, 0.2) is 6.20 Å². The van der Waals surface area contributed by atoms with Gasteiger partial charge in [-0.2, -0.15) is 0 Å². The number of unbranched alkanes of at least 4 members (excludes halogenated alkanes) is 1. The first-order chi connectivity index (χ1) is 6.74. The lowest BCUT2D eigenvalue weighted by Gasteiger charge is -2.12. The Morgan fingerprint density at radius 1 is 1.57 bits per heavy atom. The number of aryl methyl sites for hydroxylation is 1. The van der Waals surface area contributed by atoms with Gasteiger partial charge in [0.15, 0.2) is 0 Å². The molecular weight excluding hydrogens is 176 g/mol. The molecule has 0 aromatic carbocycles. The van der Waals surface area contributed by atoms with Crippen LogP contribution in [0.2, 0.25) is 0 Å². The van der Waals surface area contributed by atoms with E-state index in [0.29, 0.717) is 6.04 Å². The normalized spacial score (nSPS) is 13.1. The number of hydrogen-bond acceptors (Lipinski definition) is 3. The zero-order chi connectivity index (χ0) is 10.4. The highest BCUT2D eigenvalue weighted by Crippen LogP contribution is 2.01. The molecule has 1 aromatic rings. The van der Waals surface area contributed by atoms with Crippen LogP contribution in [-0.2, 0) is 13.6 Å². The van der Waals surface area contributed by atoms with Gasteiger partial charge in [0.25, 0.3) is 0 Å². The van der Waals surface area contributed by atoms with Crippen LogP contribution < -0.4 is 5.32 Å². The second-order valence-corrected chi connectivity index (χ2v) is 3.77. The van der Waals surface area contributed by atoms with E-state index < -0.39 is 0 Å². The van der Waals surface area contributed by atoms with Crippen LogP contribution in [0.5, 0.6) is 0 Å². The van der Waals surface area contributed by atoms with Crippen molar-refractivity contribution in [2.24, 2.45) is 7.05 Å². The largest absolute Gasteiger partial charge is 0.309 e. The Morgan fingerprint density at radius 2 is 2.36 bits per heavy atom. The Morgan fingerprint density at radius 3 is 2.93 bits per heavy atom. The van der Waals surface area contributed by atoms with Crippen molar-refractivity contribution in [3.63, 3.8) is 0 Å². The highest BCUT2D eigenvalue weighted by Gasteiger charge is 2.03. The van der Waals surface area contributed by atoms with Gasteiger partial charge in [-0.05, 0) is 13.3 Å². The summed E-state index contributed by atoms with van der Waals surface area (Å²) in [5.74, 6) is 0. The fraction of sp³-hybridized carbons (Fsp3) is 0.800. The van der Waals surface area contributed by atoms with E-state index in [4.69, 9.17) is 0 Å². The third-order valence-corrected chi connectivity index (χ3v) is 2.43. The van der Waals surface area contributed by atoms with E-state index in [0.717, 1.165) is 12.2 Å². The van der Waals surface area contributed by atoms with Crippen molar-refractivity contribution >= 4 is 0 Å². The summed E-state index contributed by atoms with van der Waals surface area (Å²) < 4.78 is 1.81. The minimum absolute atomic E-state index is 0.574. The predicted molar refractivity (Wildman–Crippen MR) is 56.8 cm³/mol. The minimum Gasteiger partial charge on any atom is -0.309 e. The Balaban J connectivity index is 2.23. The van der Waals surface area contributed by atoms with Crippen molar-refractivity contribution in [2.45, 2.75) is 45.7 Å². The highest BCUT2D eigenvalue weighted by atomic mass is 15.4. The van der Waals surface area contributed by atoms with E-state index in [-0.39, 0.29) is 0 Å². The summed E-state index contributed by atoms with van der Waals surface area (Å²) in [6.07, 6.45) is 5.60. The second-order valence-electron chi connectivity index (χ2n) is 3.77. The topological polar surface area (TPSA) is 42.7 Å². The molecule has 14 heavy (non-hydrogen) atoms. The molecule has 0 aliphatic rings. The summed E-state index contributed by atoms with van der Waals surface area (Å²) in [6, 6.07) is 0.574. The maximum atomic E-state index is 3.88. The average molecular weight is 196 g/mol. The minimum atomic E-state index is 0.574. The quantitative estimate of drug-likeness (QED) is 0.749. The van der Waals surface area contributed by atoms with Gasteiger partial charge in [0.2, 0.25) is 0 Å². The van der Waals surface area contributed by atoms with Crippen molar-refractivity contribution in [2.75, 3.05) is 0 Å². The van der Waals surface area contributed by atoms with Crippen LogP contribution in [0, 0.1) is 0 Å². The number of rotatable bonds is 6. The molecule has 0 amide bonds. The van der Waals surface area contributed by atoms with Crippen LogP contribution in [0.3, 0.4) is 0 Å². The van der Waals surface area contributed by atoms with Crippen molar-refractivity contribution in [1.82, 2.24) is 20.3 Å². The third kappa shape index (κ3) is 3.46. The molecule has 4 nitrogen and oxygen atoms in total. The monoisotopic (exact) mass is 196 g/mol. The first-order valence-corrected chi connectivity index (χ1v) is 5.31. The van der Waals surface area contributed by atoms with E-state index in [1.54, 1.807) is 10.9 Å².